The number of thioether (sulfide) groups is 1. The molecule has 6 heteroatoms. The zero-order valence-corrected chi connectivity index (χ0v) is 14.1. The maximum Gasteiger partial charge on any atom is 0.238 e. The summed E-state index contributed by atoms with van der Waals surface area (Å²) in [6.45, 7) is 2.00. The molecule has 0 radical (unpaired) electrons. The molecule has 5 nitrogen and oxygen atoms in total. The van der Waals surface area contributed by atoms with Crippen LogP contribution < -0.4 is 10.6 Å². The molecule has 1 aromatic rings. The smallest absolute Gasteiger partial charge is 0.238 e. The first-order valence-electron chi connectivity index (χ1n) is 7.44. The molecule has 2 amide bonds. The van der Waals surface area contributed by atoms with Gasteiger partial charge in [-0.1, -0.05) is 12.1 Å². The lowest BCUT2D eigenvalue weighted by Crippen LogP contribution is -2.46. The molecular weight excluding hydrogens is 298 g/mol. The van der Waals surface area contributed by atoms with Crippen molar-refractivity contribution in [2.45, 2.75) is 36.7 Å². The molecule has 1 atom stereocenters. The summed E-state index contributed by atoms with van der Waals surface area (Å²) in [7, 11) is 1.79. The quantitative estimate of drug-likeness (QED) is 0.754. The molecule has 0 aromatic heterocycles. The highest BCUT2D eigenvalue weighted by Gasteiger charge is 2.27. The maximum atomic E-state index is 12.2. The summed E-state index contributed by atoms with van der Waals surface area (Å²) in [4.78, 5) is 26.9. The predicted octanol–water partition coefficient (Wildman–Crippen LogP) is 1.95. The van der Waals surface area contributed by atoms with E-state index in [0.29, 0.717) is 6.04 Å². The first-order chi connectivity index (χ1) is 10.5. The zero-order chi connectivity index (χ0) is 16.1. The van der Waals surface area contributed by atoms with E-state index in [2.05, 4.69) is 10.6 Å². The van der Waals surface area contributed by atoms with Gasteiger partial charge in [0.15, 0.2) is 0 Å². The second-order valence-corrected chi connectivity index (χ2v) is 6.47. The average molecular weight is 321 g/mol. The van der Waals surface area contributed by atoms with Gasteiger partial charge in [-0.3, -0.25) is 14.5 Å². The number of nitrogens with zero attached hydrogens (tertiary/aromatic N) is 1. The van der Waals surface area contributed by atoms with Gasteiger partial charge in [-0.25, -0.2) is 0 Å². The van der Waals surface area contributed by atoms with Crippen LogP contribution in [0.1, 0.15) is 19.8 Å². The largest absolute Gasteiger partial charge is 0.352 e. The van der Waals surface area contributed by atoms with Crippen molar-refractivity contribution in [2.75, 3.05) is 25.2 Å². The normalized spacial score (nSPS) is 15.5. The third-order valence-corrected chi connectivity index (χ3v) is 4.53. The molecular formula is C16H23N3O2S. The Hall–Kier alpha value is -1.53. The Labute approximate surface area is 135 Å². The van der Waals surface area contributed by atoms with Gasteiger partial charge < -0.3 is 10.6 Å². The lowest BCUT2D eigenvalue weighted by molar-refractivity contribution is -0.126. The minimum atomic E-state index is -0.317. The number of hydrogen-bond donors (Lipinski definition) is 2. The van der Waals surface area contributed by atoms with Crippen molar-refractivity contribution >= 4 is 29.3 Å². The second-order valence-electron chi connectivity index (χ2n) is 5.62. The van der Waals surface area contributed by atoms with E-state index < -0.39 is 0 Å². The van der Waals surface area contributed by atoms with Gasteiger partial charge in [0.2, 0.25) is 11.8 Å². The number of benzene rings is 1. The van der Waals surface area contributed by atoms with Crippen molar-refractivity contribution in [3.63, 3.8) is 0 Å². The molecule has 120 valence electrons. The van der Waals surface area contributed by atoms with Crippen molar-refractivity contribution in [2.24, 2.45) is 0 Å². The average Bonchev–Trinajstić information content (AvgIpc) is 3.30. The molecule has 2 rings (SSSR count). The number of carbonyl (C=O) groups excluding carboxylic acids is 2. The van der Waals surface area contributed by atoms with Crippen LogP contribution in [0, 0.1) is 0 Å². The van der Waals surface area contributed by atoms with Gasteiger partial charge in [-0.15, -0.1) is 11.8 Å². The van der Waals surface area contributed by atoms with Crippen LogP contribution in [0.25, 0.3) is 0 Å². The van der Waals surface area contributed by atoms with Gasteiger partial charge in [-0.2, -0.15) is 0 Å². The third kappa shape index (κ3) is 4.74. The molecule has 0 bridgehead atoms. The molecule has 1 aliphatic carbocycles. The Bertz CT molecular complexity index is 546. The fourth-order valence-electron chi connectivity index (χ4n) is 2.05. The van der Waals surface area contributed by atoms with Gasteiger partial charge in [0.1, 0.15) is 0 Å². The highest BCUT2D eigenvalue weighted by molar-refractivity contribution is 7.98. The van der Waals surface area contributed by atoms with Gasteiger partial charge >= 0.3 is 0 Å². The molecule has 0 aliphatic heterocycles. The molecule has 1 aliphatic rings. The molecule has 1 fully saturated rings. The summed E-state index contributed by atoms with van der Waals surface area (Å²) >= 11 is 1.59. The lowest BCUT2D eigenvalue weighted by Gasteiger charge is -2.23. The SMILES string of the molecule is CSc1ccccc1NC(=O)CN(C)[C@@H](C)C(=O)NC1CC1. The molecule has 22 heavy (non-hydrogen) atoms. The van der Waals surface area contributed by atoms with Crippen LogP contribution in [-0.4, -0.2) is 48.6 Å². The van der Waals surface area contributed by atoms with Crippen LogP contribution in [0.5, 0.6) is 0 Å². The molecule has 1 aromatic carbocycles. The van der Waals surface area contributed by atoms with Crippen LogP contribution >= 0.6 is 11.8 Å². The Morgan fingerprint density at radius 3 is 2.68 bits per heavy atom. The van der Waals surface area contributed by atoms with Crippen molar-refractivity contribution in [3.05, 3.63) is 24.3 Å². The first-order valence-corrected chi connectivity index (χ1v) is 8.67. The van der Waals surface area contributed by atoms with Gasteiger partial charge in [0.05, 0.1) is 18.3 Å². The number of rotatable bonds is 7. The molecule has 0 unspecified atom stereocenters. The third-order valence-electron chi connectivity index (χ3n) is 3.74. The van der Waals surface area contributed by atoms with E-state index in [1.807, 2.05) is 37.4 Å². The van der Waals surface area contributed by atoms with E-state index in [1.54, 1.807) is 23.7 Å². The van der Waals surface area contributed by atoms with Crippen LogP contribution in [0.2, 0.25) is 0 Å². The summed E-state index contributed by atoms with van der Waals surface area (Å²) in [6.07, 6.45) is 4.10. The number of amides is 2. The Morgan fingerprint density at radius 2 is 2.05 bits per heavy atom. The number of carbonyl (C=O) groups is 2. The number of nitrogens with one attached hydrogen (secondary N) is 2. The van der Waals surface area contributed by atoms with Crippen LogP contribution in [0.4, 0.5) is 5.69 Å². The van der Waals surface area contributed by atoms with E-state index in [1.165, 1.54) is 0 Å². The molecule has 0 spiro atoms. The van der Waals surface area contributed by atoms with Crippen molar-refractivity contribution < 1.29 is 9.59 Å². The molecule has 1 saturated carbocycles. The highest BCUT2D eigenvalue weighted by Crippen LogP contribution is 2.24. The zero-order valence-electron chi connectivity index (χ0n) is 13.3. The van der Waals surface area contributed by atoms with Gasteiger partial charge in [0, 0.05) is 10.9 Å². The fourth-order valence-corrected chi connectivity index (χ4v) is 2.60. The van der Waals surface area contributed by atoms with Crippen molar-refractivity contribution in [1.29, 1.82) is 0 Å². The standard InChI is InChI=1S/C16H23N3O2S/c1-11(16(21)17-12-8-9-12)19(2)10-15(20)18-13-6-4-5-7-14(13)22-3/h4-7,11-12H,8-10H2,1-3H3,(H,17,21)(H,18,20)/t11-/m0/s1. The maximum absolute atomic E-state index is 12.2. The topological polar surface area (TPSA) is 61.4 Å². The van der Waals surface area contributed by atoms with Gasteiger partial charge in [0.25, 0.3) is 0 Å². The molecule has 2 N–H and O–H groups in total. The van der Waals surface area contributed by atoms with E-state index in [9.17, 15) is 9.59 Å². The van der Waals surface area contributed by atoms with Gasteiger partial charge in [-0.05, 0) is 45.2 Å². The lowest BCUT2D eigenvalue weighted by atomic mass is 10.2. The van der Waals surface area contributed by atoms with E-state index in [-0.39, 0.29) is 24.4 Å². The van der Waals surface area contributed by atoms with Crippen LogP contribution in [0.3, 0.4) is 0 Å². The summed E-state index contributed by atoms with van der Waals surface area (Å²) in [5, 5.41) is 5.87. The van der Waals surface area contributed by atoms with E-state index in [0.717, 1.165) is 23.4 Å². The first kappa shape index (κ1) is 16.8. The number of hydrogen-bond acceptors (Lipinski definition) is 4. The Morgan fingerprint density at radius 1 is 1.36 bits per heavy atom. The van der Waals surface area contributed by atoms with E-state index in [4.69, 9.17) is 0 Å². The van der Waals surface area contributed by atoms with E-state index >= 15 is 0 Å². The Balaban J connectivity index is 1.86. The summed E-state index contributed by atoms with van der Waals surface area (Å²) in [5.74, 6) is -0.127. The summed E-state index contributed by atoms with van der Waals surface area (Å²) in [5.41, 5.74) is 0.809. The minimum Gasteiger partial charge on any atom is -0.352 e. The highest BCUT2D eigenvalue weighted by atomic mass is 32.2. The summed E-state index contributed by atoms with van der Waals surface area (Å²) in [6, 6.07) is 7.71. The summed E-state index contributed by atoms with van der Waals surface area (Å²) < 4.78 is 0. The molecule has 0 heterocycles. The van der Waals surface area contributed by atoms with Crippen LogP contribution in [-0.2, 0) is 9.59 Å². The molecule has 0 saturated heterocycles. The monoisotopic (exact) mass is 321 g/mol. The Kier molecular flexibility index (Phi) is 5.85. The van der Waals surface area contributed by atoms with Crippen LogP contribution in [0.15, 0.2) is 29.2 Å². The number of anilines is 1. The predicted molar refractivity (Wildman–Crippen MR) is 90.1 cm³/mol. The minimum absolute atomic E-state index is 0.0117. The fraction of sp³-hybridized carbons (Fsp3) is 0.500. The van der Waals surface area contributed by atoms with Crippen molar-refractivity contribution in [1.82, 2.24) is 10.2 Å². The number of para-hydroxylation sites is 1. The second kappa shape index (κ2) is 7.65. The number of likely N-dealkylation sites (N-methyl/N-ethyl adjacent to an activating group) is 1. The van der Waals surface area contributed by atoms with Crippen molar-refractivity contribution in [3.8, 4) is 0 Å².